The molecule has 4 nitrogen and oxygen atoms in total. The molecule has 0 fully saturated rings. The van der Waals surface area contributed by atoms with Gasteiger partial charge in [0.1, 0.15) is 5.75 Å². The lowest BCUT2D eigenvalue weighted by molar-refractivity contribution is -0.127. The third kappa shape index (κ3) is 4.31. The molecule has 4 heteroatoms. The number of benzene rings is 1. The third-order valence-corrected chi connectivity index (χ3v) is 2.11. The number of ether oxygens (including phenoxy) is 1. The maximum Gasteiger partial charge on any atom is 0.260 e. The number of rotatable bonds is 6. The SMILES string of the molecule is CC(Oc1ccccc1)C(=O)NCCCN. The zero-order valence-electron chi connectivity index (χ0n) is 9.48. The van der Waals surface area contributed by atoms with Gasteiger partial charge in [0.15, 0.2) is 6.10 Å². The van der Waals surface area contributed by atoms with Gasteiger partial charge in [0.2, 0.25) is 0 Å². The average Bonchev–Trinajstić information content (AvgIpc) is 2.30. The largest absolute Gasteiger partial charge is 0.481 e. The van der Waals surface area contributed by atoms with Gasteiger partial charge in [-0.2, -0.15) is 0 Å². The number of carbonyl (C=O) groups excluding carboxylic acids is 1. The van der Waals surface area contributed by atoms with Crippen LogP contribution in [0, 0.1) is 0 Å². The summed E-state index contributed by atoms with van der Waals surface area (Å²) in [5, 5.41) is 2.76. The maximum absolute atomic E-state index is 11.5. The number of hydrogen-bond acceptors (Lipinski definition) is 3. The molecule has 0 saturated heterocycles. The smallest absolute Gasteiger partial charge is 0.260 e. The highest BCUT2D eigenvalue weighted by atomic mass is 16.5. The van der Waals surface area contributed by atoms with Crippen LogP contribution in [-0.4, -0.2) is 25.1 Å². The van der Waals surface area contributed by atoms with Crippen LogP contribution in [0.1, 0.15) is 13.3 Å². The first-order valence-electron chi connectivity index (χ1n) is 5.43. The second kappa shape index (κ2) is 6.85. The van der Waals surface area contributed by atoms with Gasteiger partial charge in [-0.25, -0.2) is 0 Å². The topological polar surface area (TPSA) is 64.3 Å². The predicted octanol–water partition coefficient (Wildman–Crippen LogP) is 0.919. The molecule has 88 valence electrons. The van der Waals surface area contributed by atoms with Gasteiger partial charge in [0, 0.05) is 6.54 Å². The zero-order chi connectivity index (χ0) is 11.8. The van der Waals surface area contributed by atoms with Crippen molar-refractivity contribution >= 4 is 5.91 Å². The van der Waals surface area contributed by atoms with E-state index in [0.717, 1.165) is 6.42 Å². The van der Waals surface area contributed by atoms with E-state index >= 15 is 0 Å². The van der Waals surface area contributed by atoms with Crippen LogP contribution in [0.5, 0.6) is 5.75 Å². The summed E-state index contributed by atoms with van der Waals surface area (Å²) in [6, 6.07) is 9.29. The average molecular weight is 222 g/mol. The van der Waals surface area contributed by atoms with Crippen molar-refractivity contribution in [2.24, 2.45) is 5.73 Å². The van der Waals surface area contributed by atoms with Crippen LogP contribution >= 0.6 is 0 Å². The van der Waals surface area contributed by atoms with E-state index in [0.29, 0.717) is 18.8 Å². The van der Waals surface area contributed by atoms with Crippen LogP contribution in [0.4, 0.5) is 0 Å². The number of nitrogens with two attached hydrogens (primary N) is 1. The second-order valence-electron chi connectivity index (χ2n) is 3.51. The Balaban J connectivity index is 2.34. The summed E-state index contributed by atoms with van der Waals surface area (Å²) in [4.78, 5) is 11.5. The normalized spacial score (nSPS) is 11.9. The molecule has 0 radical (unpaired) electrons. The van der Waals surface area contributed by atoms with Crippen molar-refractivity contribution < 1.29 is 9.53 Å². The van der Waals surface area contributed by atoms with Crippen molar-refractivity contribution in [1.29, 1.82) is 0 Å². The van der Waals surface area contributed by atoms with Gasteiger partial charge in [0.25, 0.3) is 5.91 Å². The molecule has 1 amide bonds. The fourth-order valence-electron chi connectivity index (χ4n) is 1.21. The summed E-state index contributed by atoms with van der Waals surface area (Å²) in [5.41, 5.74) is 5.33. The lowest BCUT2D eigenvalue weighted by atomic mass is 10.3. The predicted molar refractivity (Wildman–Crippen MR) is 63.2 cm³/mol. The lowest BCUT2D eigenvalue weighted by Gasteiger charge is -2.14. The van der Waals surface area contributed by atoms with Gasteiger partial charge in [0.05, 0.1) is 0 Å². The van der Waals surface area contributed by atoms with Gasteiger partial charge >= 0.3 is 0 Å². The summed E-state index contributed by atoms with van der Waals surface area (Å²) < 4.78 is 5.46. The number of nitrogens with one attached hydrogen (secondary N) is 1. The molecule has 0 aliphatic carbocycles. The minimum absolute atomic E-state index is 0.114. The van der Waals surface area contributed by atoms with E-state index in [4.69, 9.17) is 10.5 Å². The van der Waals surface area contributed by atoms with Gasteiger partial charge in [-0.15, -0.1) is 0 Å². The number of hydrogen-bond donors (Lipinski definition) is 2. The van der Waals surface area contributed by atoms with Crippen LogP contribution in [0.3, 0.4) is 0 Å². The Morgan fingerprint density at radius 1 is 1.44 bits per heavy atom. The van der Waals surface area contributed by atoms with E-state index in [-0.39, 0.29) is 5.91 Å². The summed E-state index contributed by atoms with van der Waals surface area (Å²) >= 11 is 0. The Labute approximate surface area is 95.8 Å². The molecule has 1 unspecified atom stereocenters. The highest BCUT2D eigenvalue weighted by Crippen LogP contribution is 2.10. The molecule has 1 aromatic rings. The number of para-hydroxylation sites is 1. The number of amides is 1. The molecule has 0 heterocycles. The summed E-state index contributed by atoms with van der Waals surface area (Å²) in [6.45, 7) is 2.90. The molecule has 16 heavy (non-hydrogen) atoms. The standard InChI is InChI=1S/C12H18N2O2/c1-10(12(15)14-9-5-8-13)16-11-6-3-2-4-7-11/h2-4,6-7,10H,5,8-9,13H2,1H3,(H,14,15). The molecule has 1 rings (SSSR count). The Kier molecular flexibility index (Phi) is 5.36. The molecule has 0 aliphatic rings. The molecule has 1 aromatic carbocycles. The van der Waals surface area contributed by atoms with Crippen LogP contribution in [0.2, 0.25) is 0 Å². The molecule has 0 saturated carbocycles. The fraction of sp³-hybridized carbons (Fsp3) is 0.417. The van der Waals surface area contributed by atoms with Crippen molar-refractivity contribution in [3.63, 3.8) is 0 Å². The van der Waals surface area contributed by atoms with Gasteiger partial charge < -0.3 is 15.8 Å². The third-order valence-electron chi connectivity index (χ3n) is 2.11. The number of carbonyl (C=O) groups is 1. The van der Waals surface area contributed by atoms with Gasteiger partial charge in [-0.3, -0.25) is 4.79 Å². The maximum atomic E-state index is 11.5. The fourth-order valence-corrected chi connectivity index (χ4v) is 1.21. The minimum Gasteiger partial charge on any atom is -0.481 e. The van der Waals surface area contributed by atoms with E-state index in [2.05, 4.69) is 5.32 Å². The molecule has 3 N–H and O–H groups in total. The first-order chi connectivity index (χ1) is 7.74. The van der Waals surface area contributed by atoms with E-state index in [9.17, 15) is 4.79 Å². The van der Waals surface area contributed by atoms with Gasteiger partial charge in [-0.1, -0.05) is 18.2 Å². The Hall–Kier alpha value is -1.55. The first kappa shape index (κ1) is 12.5. The quantitative estimate of drug-likeness (QED) is 0.703. The van der Waals surface area contributed by atoms with Crippen LogP contribution in [-0.2, 0) is 4.79 Å². The van der Waals surface area contributed by atoms with Gasteiger partial charge in [-0.05, 0) is 32.0 Å². The Bertz CT molecular complexity index is 314. The van der Waals surface area contributed by atoms with Crippen LogP contribution in [0.25, 0.3) is 0 Å². The molecule has 1 atom stereocenters. The monoisotopic (exact) mass is 222 g/mol. The minimum atomic E-state index is -0.486. The summed E-state index contributed by atoms with van der Waals surface area (Å²) in [5.74, 6) is 0.585. The molecular weight excluding hydrogens is 204 g/mol. The Morgan fingerprint density at radius 3 is 2.75 bits per heavy atom. The van der Waals surface area contributed by atoms with Crippen LogP contribution < -0.4 is 15.8 Å². The van der Waals surface area contributed by atoms with E-state index in [1.54, 1.807) is 6.92 Å². The highest BCUT2D eigenvalue weighted by Gasteiger charge is 2.13. The molecule has 0 aliphatic heterocycles. The molecule has 0 aromatic heterocycles. The summed E-state index contributed by atoms with van der Waals surface area (Å²) in [6.07, 6.45) is 0.296. The van der Waals surface area contributed by atoms with Crippen molar-refractivity contribution in [2.45, 2.75) is 19.4 Å². The summed E-state index contributed by atoms with van der Waals surface area (Å²) in [7, 11) is 0. The van der Waals surface area contributed by atoms with E-state index in [1.807, 2.05) is 30.3 Å². The lowest BCUT2D eigenvalue weighted by Crippen LogP contribution is -2.37. The molecule has 0 spiro atoms. The van der Waals surface area contributed by atoms with Crippen molar-refractivity contribution in [2.75, 3.05) is 13.1 Å². The second-order valence-corrected chi connectivity index (χ2v) is 3.51. The van der Waals surface area contributed by atoms with Crippen molar-refractivity contribution in [3.8, 4) is 5.75 Å². The molecule has 0 bridgehead atoms. The van der Waals surface area contributed by atoms with E-state index in [1.165, 1.54) is 0 Å². The first-order valence-corrected chi connectivity index (χ1v) is 5.43. The Morgan fingerprint density at radius 2 is 2.12 bits per heavy atom. The van der Waals surface area contributed by atoms with E-state index < -0.39 is 6.10 Å². The van der Waals surface area contributed by atoms with Crippen LogP contribution in [0.15, 0.2) is 30.3 Å². The van der Waals surface area contributed by atoms with Crippen molar-refractivity contribution in [3.05, 3.63) is 30.3 Å². The highest BCUT2D eigenvalue weighted by molar-refractivity contribution is 5.80. The zero-order valence-corrected chi connectivity index (χ0v) is 9.48. The molecular formula is C12H18N2O2. The van der Waals surface area contributed by atoms with Crippen molar-refractivity contribution in [1.82, 2.24) is 5.32 Å².